The zero-order chi connectivity index (χ0) is 13.9. The molecule has 1 saturated carbocycles. The number of rotatable bonds is 5. The van der Waals surface area contributed by atoms with Gasteiger partial charge in [0.25, 0.3) is 0 Å². The Kier molecular flexibility index (Phi) is 3.98. The molecule has 20 heavy (non-hydrogen) atoms. The van der Waals surface area contributed by atoms with E-state index < -0.39 is 0 Å². The Morgan fingerprint density at radius 2 is 2.10 bits per heavy atom. The summed E-state index contributed by atoms with van der Waals surface area (Å²) in [5.41, 5.74) is 1.06. The molecule has 2 aromatic rings. The first-order chi connectivity index (χ1) is 9.70. The van der Waals surface area contributed by atoms with E-state index >= 15 is 0 Å². The van der Waals surface area contributed by atoms with Gasteiger partial charge in [0.15, 0.2) is 0 Å². The third kappa shape index (κ3) is 3.55. The van der Waals surface area contributed by atoms with Gasteiger partial charge in [-0.15, -0.1) is 0 Å². The van der Waals surface area contributed by atoms with Crippen LogP contribution >= 0.6 is 15.9 Å². The summed E-state index contributed by atoms with van der Waals surface area (Å²) in [5, 5.41) is 3.42. The summed E-state index contributed by atoms with van der Waals surface area (Å²) in [5.74, 6) is 0.726. The zero-order valence-electron chi connectivity index (χ0n) is 10.8. The van der Waals surface area contributed by atoms with Crippen molar-refractivity contribution >= 4 is 15.9 Å². The molecule has 0 atom stereocenters. The molecule has 1 heterocycles. The van der Waals surface area contributed by atoms with Crippen molar-refractivity contribution in [3.63, 3.8) is 0 Å². The lowest BCUT2D eigenvalue weighted by molar-refractivity contribution is 0.472. The topological polar surface area (TPSA) is 34.1 Å². The fourth-order valence-electron chi connectivity index (χ4n) is 1.84. The first-order valence-electron chi connectivity index (χ1n) is 6.51. The van der Waals surface area contributed by atoms with Crippen LogP contribution in [0.1, 0.15) is 18.4 Å². The molecular weight excluding hydrogens is 323 g/mol. The first-order valence-corrected chi connectivity index (χ1v) is 7.30. The Hall–Kier alpha value is -1.46. The van der Waals surface area contributed by atoms with Crippen LogP contribution < -0.4 is 10.1 Å². The fraction of sp³-hybridized carbons (Fsp3) is 0.267. The minimum Gasteiger partial charge on any atom is -0.456 e. The second kappa shape index (κ2) is 5.89. The Balaban J connectivity index is 1.69. The molecule has 1 aliphatic rings. The predicted octanol–water partition coefficient (Wildman–Crippen LogP) is 4.03. The van der Waals surface area contributed by atoms with Gasteiger partial charge in [0.1, 0.15) is 17.3 Å². The van der Waals surface area contributed by atoms with E-state index in [4.69, 9.17) is 4.74 Å². The predicted molar refractivity (Wildman–Crippen MR) is 78.3 cm³/mol. The van der Waals surface area contributed by atoms with E-state index in [1.165, 1.54) is 18.9 Å². The van der Waals surface area contributed by atoms with Crippen LogP contribution in [0.25, 0.3) is 0 Å². The average molecular weight is 337 g/mol. The van der Waals surface area contributed by atoms with Crippen molar-refractivity contribution in [2.75, 3.05) is 0 Å². The van der Waals surface area contributed by atoms with Crippen LogP contribution in [0.3, 0.4) is 0 Å². The summed E-state index contributed by atoms with van der Waals surface area (Å²) in [6.07, 6.45) is 5.94. The van der Waals surface area contributed by atoms with Crippen molar-refractivity contribution in [3.05, 3.63) is 52.5 Å². The number of pyridine rings is 1. The summed E-state index contributed by atoms with van der Waals surface area (Å²) in [7, 11) is 0. The highest BCUT2D eigenvalue weighted by Crippen LogP contribution is 2.26. The van der Waals surface area contributed by atoms with Crippen LogP contribution in [0.4, 0.5) is 4.39 Å². The van der Waals surface area contributed by atoms with Gasteiger partial charge >= 0.3 is 0 Å². The van der Waals surface area contributed by atoms with E-state index in [-0.39, 0.29) is 5.82 Å². The lowest BCUT2D eigenvalue weighted by Gasteiger charge is -2.08. The zero-order valence-corrected chi connectivity index (χ0v) is 12.4. The highest BCUT2D eigenvalue weighted by atomic mass is 79.9. The first kappa shape index (κ1) is 13.5. The van der Waals surface area contributed by atoms with Crippen LogP contribution in [-0.2, 0) is 6.54 Å². The second-order valence-corrected chi connectivity index (χ2v) is 5.72. The van der Waals surface area contributed by atoms with Crippen LogP contribution in [0.5, 0.6) is 11.5 Å². The van der Waals surface area contributed by atoms with Crippen molar-refractivity contribution in [1.82, 2.24) is 10.3 Å². The summed E-state index contributed by atoms with van der Waals surface area (Å²) < 4.78 is 19.5. The van der Waals surface area contributed by atoms with Crippen LogP contribution in [0.15, 0.2) is 41.1 Å². The van der Waals surface area contributed by atoms with Gasteiger partial charge in [0, 0.05) is 24.8 Å². The Morgan fingerprint density at radius 1 is 1.25 bits per heavy atom. The maximum atomic E-state index is 13.4. The highest BCUT2D eigenvalue weighted by Gasteiger charge is 2.19. The van der Waals surface area contributed by atoms with Gasteiger partial charge in [0.2, 0.25) is 0 Å². The fourth-order valence-corrected chi connectivity index (χ4v) is 2.09. The molecule has 5 heteroatoms. The minimum absolute atomic E-state index is 0.345. The Labute approximate surface area is 125 Å². The number of nitrogens with zero attached hydrogens (tertiary/aromatic N) is 1. The molecule has 0 saturated heterocycles. The lowest BCUT2D eigenvalue weighted by atomic mass is 10.2. The van der Waals surface area contributed by atoms with E-state index in [1.807, 2.05) is 12.3 Å². The van der Waals surface area contributed by atoms with Crippen LogP contribution in [0.2, 0.25) is 0 Å². The largest absolute Gasteiger partial charge is 0.456 e. The smallest absolute Gasteiger partial charge is 0.146 e. The van der Waals surface area contributed by atoms with Gasteiger partial charge in [0.05, 0.1) is 10.7 Å². The SMILES string of the molecule is Fc1cc(Oc2cncc(CNC3CC3)c2)ccc1Br. The van der Waals surface area contributed by atoms with Crippen molar-refractivity contribution in [2.45, 2.75) is 25.4 Å². The van der Waals surface area contributed by atoms with Gasteiger partial charge in [-0.05, 0) is 52.5 Å². The third-order valence-electron chi connectivity index (χ3n) is 3.07. The molecule has 0 bridgehead atoms. The quantitative estimate of drug-likeness (QED) is 0.895. The number of hydrogen-bond acceptors (Lipinski definition) is 3. The number of hydrogen-bond donors (Lipinski definition) is 1. The van der Waals surface area contributed by atoms with Gasteiger partial charge in [-0.1, -0.05) is 0 Å². The Bertz CT molecular complexity index is 617. The summed E-state index contributed by atoms with van der Waals surface area (Å²) in [6.45, 7) is 0.781. The maximum absolute atomic E-state index is 13.4. The molecule has 1 aliphatic carbocycles. The molecule has 0 unspecified atom stereocenters. The molecule has 0 amide bonds. The van der Waals surface area contributed by atoms with E-state index in [1.54, 1.807) is 18.3 Å². The van der Waals surface area contributed by atoms with Gasteiger partial charge < -0.3 is 10.1 Å². The van der Waals surface area contributed by atoms with Gasteiger partial charge in [-0.3, -0.25) is 4.98 Å². The van der Waals surface area contributed by atoms with Crippen LogP contribution in [-0.4, -0.2) is 11.0 Å². The molecular formula is C15H14BrFN2O. The molecule has 3 rings (SSSR count). The van der Waals surface area contributed by atoms with E-state index in [9.17, 15) is 4.39 Å². The van der Waals surface area contributed by atoms with Crippen molar-refractivity contribution in [1.29, 1.82) is 0 Å². The van der Waals surface area contributed by atoms with Crippen LogP contribution in [0, 0.1) is 5.82 Å². The number of aromatic nitrogens is 1. The lowest BCUT2D eigenvalue weighted by Crippen LogP contribution is -2.15. The Morgan fingerprint density at radius 3 is 2.85 bits per heavy atom. The second-order valence-electron chi connectivity index (χ2n) is 4.86. The molecule has 104 valence electrons. The molecule has 0 radical (unpaired) electrons. The molecule has 0 aliphatic heterocycles. The van der Waals surface area contributed by atoms with E-state index in [2.05, 4.69) is 26.2 Å². The molecule has 1 aromatic carbocycles. The highest BCUT2D eigenvalue weighted by molar-refractivity contribution is 9.10. The van der Waals surface area contributed by atoms with E-state index in [0.29, 0.717) is 22.0 Å². The number of benzene rings is 1. The average Bonchev–Trinajstić information content (AvgIpc) is 3.25. The molecule has 1 fully saturated rings. The van der Waals surface area contributed by atoms with Crippen molar-refractivity contribution in [3.8, 4) is 11.5 Å². The number of halogens is 2. The number of nitrogens with one attached hydrogen (secondary N) is 1. The van der Waals surface area contributed by atoms with Gasteiger partial charge in [-0.25, -0.2) is 4.39 Å². The summed E-state index contributed by atoms with van der Waals surface area (Å²) in [6, 6.07) is 7.25. The normalized spacial score (nSPS) is 14.3. The standard InChI is InChI=1S/C15H14BrFN2O/c16-14-4-3-12(6-15(14)17)20-13-5-10(7-18-9-13)8-19-11-1-2-11/h3-7,9,11,19H,1-2,8H2. The minimum atomic E-state index is -0.345. The van der Waals surface area contributed by atoms with E-state index in [0.717, 1.165) is 12.1 Å². The molecule has 0 spiro atoms. The summed E-state index contributed by atoms with van der Waals surface area (Å²) in [4.78, 5) is 4.15. The third-order valence-corrected chi connectivity index (χ3v) is 3.71. The molecule has 1 N–H and O–H groups in total. The molecule has 3 nitrogen and oxygen atoms in total. The summed E-state index contributed by atoms with van der Waals surface area (Å²) >= 11 is 3.12. The maximum Gasteiger partial charge on any atom is 0.146 e. The number of ether oxygens (including phenoxy) is 1. The monoisotopic (exact) mass is 336 g/mol. The van der Waals surface area contributed by atoms with Crippen molar-refractivity contribution < 1.29 is 9.13 Å². The van der Waals surface area contributed by atoms with Gasteiger partial charge in [-0.2, -0.15) is 0 Å². The van der Waals surface area contributed by atoms with Crippen molar-refractivity contribution in [2.24, 2.45) is 0 Å². The molecule has 1 aromatic heterocycles.